The molecule has 0 amide bonds. The van der Waals surface area contributed by atoms with Gasteiger partial charge in [0.05, 0.1) is 26.4 Å². The molecule has 0 saturated carbocycles. The van der Waals surface area contributed by atoms with Gasteiger partial charge >= 0.3 is 39.5 Å². The van der Waals surface area contributed by atoms with Crippen molar-refractivity contribution in [2.45, 2.75) is 438 Å². The number of phosphoric ester groups is 2. The molecular weight excluding hydrogens is 1280 g/mol. The van der Waals surface area contributed by atoms with E-state index in [1.807, 2.05) is 0 Å². The molecule has 0 saturated heterocycles. The molecule has 582 valence electrons. The Labute approximate surface area is 600 Å². The summed E-state index contributed by atoms with van der Waals surface area (Å²) >= 11 is 0. The lowest BCUT2D eigenvalue weighted by molar-refractivity contribution is -0.161. The average molecular weight is 1440 g/mol. The van der Waals surface area contributed by atoms with Crippen LogP contribution < -0.4 is 0 Å². The molecule has 98 heavy (non-hydrogen) atoms. The molecule has 19 heteroatoms. The van der Waals surface area contributed by atoms with Crippen LogP contribution in [0.5, 0.6) is 0 Å². The summed E-state index contributed by atoms with van der Waals surface area (Å²) in [7, 11) is -9.91. The van der Waals surface area contributed by atoms with Gasteiger partial charge in [0, 0.05) is 25.7 Å². The summed E-state index contributed by atoms with van der Waals surface area (Å²) in [5.74, 6) is -1.35. The molecule has 0 aliphatic carbocycles. The molecule has 0 rings (SSSR count). The predicted molar refractivity (Wildman–Crippen MR) is 400 cm³/mol. The number of unbranched alkanes of at least 4 members (excludes halogenated alkanes) is 51. The molecule has 17 nitrogen and oxygen atoms in total. The molecule has 0 radical (unpaired) electrons. The molecule has 0 heterocycles. The molecular formula is C79H154O17P2. The SMILES string of the molecule is CCCCCCCCCCCCCCCCCCCCCCCCC(=O)O[C@H](COC(=O)CCCCCCCCCCCCC(C)C)COP(=O)(O)OC[C@@H](O)COP(=O)(O)OC[C@@H](COC(=O)CCCCCCCCCCCC)OC(=O)CCCCCCCCCCCCCCC. The molecule has 0 aromatic carbocycles. The van der Waals surface area contributed by atoms with Crippen LogP contribution in [0, 0.1) is 5.92 Å². The minimum Gasteiger partial charge on any atom is -0.462 e. The number of aliphatic hydroxyl groups excluding tert-OH is 1. The van der Waals surface area contributed by atoms with E-state index in [9.17, 15) is 43.2 Å². The van der Waals surface area contributed by atoms with Gasteiger partial charge in [-0.15, -0.1) is 0 Å². The zero-order valence-electron chi connectivity index (χ0n) is 63.9. The number of carbonyl (C=O) groups is 4. The van der Waals surface area contributed by atoms with Crippen molar-refractivity contribution >= 4 is 39.5 Å². The Hall–Kier alpha value is -1.94. The first-order chi connectivity index (χ1) is 47.5. The van der Waals surface area contributed by atoms with Crippen LogP contribution in [0.3, 0.4) is 0 Å². The van der Waals surface area contributed by atoms with E-state index in [1.54, 1.807) is 0 Å². The van der Waals surface area contributed by atoms with Gasteiger partial charge in [0.1, 0.15) is 19.3 Å². The van der Waals surface area contributed by atoms with E-state index in [4.69, 9.17) is 37.0 Å². The van der Waals surface area contributed by atoms with Crippen LogP contribution in [0.2, 0.25) is 0 Å². The lowest BCUT2D eigenvalue weighted by Crippen LogP contribution is -2.30. The summed E-state index contributed by atoms with van der Waals surface area (Å²) in [6, 6.07) is 0. The molecule has 5 atom stereocenters. The minimum absolute atomic E-state index is 0.108. The van der Waals surface area contributed by atoms with Crippen LogP contribution in [-0.2, 0) is 65.4 Å². The zero-order valence-corrected chi connectivity index (χ0v) is 65.7. The van der Waals surface area contributed by atoms with E-state index in [-0.39, 0.29) is 25.7 Å². The minimum atomic E-state index is -4.96. The smallest absolute Gasteiger partial charge is 0.462 e. The number of hydrogen-bond donors (Lipinski definition) is 3. The number of ether oxygens (including phenoxy) is 4. The average Bonchev–Trinajstić information content (AvgIpc) is 1.10. The highest BCUT2D eigenvalue weighted by atomic mass is 31.2. The zero-order chi connectivity index (χ0) is 71.9. The molecule has 3 N–H and O–H groups in total. The molecule has 0 aliphatic rings. The Kier molecular flexibility index (Phi) is 70.6. The number of aliphatic hydroxyl groups is 1. The summed E-state index contributed by atoms with van der Waals surface area (Å²) in [6.07, 6.45) is 62.5. The van der Waals surface area contributed by atoms with Gasteiger partial charge in [-0.2, -0.15) is 0 Å². The summed E-state index contributed by atoms with van der Waals surface area (Å²) in [5.41, 5.74) is 0. The Morgan fingerprint density at radius 2 is 0.469 bits per heavy atom. The maximum atomic E-state index is 13.1. The van der Waals surface area contributed by atoms with Gasteiger partial charge in [0.25, 0.3) is 0 Å². The first kappa shape index (κ1) is 96.1. The molecule has 0 spiro atoms. The van der Waals surface area contributed by atoms with Gasteiger partial charge in [0.15, 0.2) is 12.2 Å². The first-order valence-electron chi connectivity index (χ1n) is 41.1. The van der Waals surface area contributed by atoms with Crippen LogP contribution in [0.1, 0.15) is 420 Å². The normalized spacial score (nSPS) is 13.9. The second-order valence-electron chi connectivity index (χ2n) is 28.9. The quantitative estimate of drug-likeness (QED) is 0.0222. The topological polar surface area (TPSA) is 237 Å². The Balaban J connectivity index is 5.19. The number of carbonyl (C=O) groups excluding carboxylic acids is 4. The fourth-order valence-electron chi connectivity index (χ4n) is 12.2. The largest absolute Gasteiger partial charge is 0.472 e. The summed E-state index contributed by atoms with van der Waals surface area (Å²) < 4.78 is 68.6. The standard InChI is InChI=1S/C79H154O17P2/c1-6-9-12-15-18-21-24-26-27-28-29-30-31-32-33-34-36-38-45-50-55-60-65-79(84)96-75(69-90-77(82)63-58-53-48-43-40-39-41-46-51-56-61-72(4)5)71-94-98(87,88)92-67-73(80)66-91-97(85,86)93-70-74(68-89-76(81)62-57-52-47-42-23-20-17-14-11-8-3)95-78(83)64-59-54-49-44-37-35-25-22-19-16-13-10-7-2/h72-75,80H,6-71H2,1-5H3,(H,85,86)(H,87,88)/t73-,74+,75+/m0/s1. The van der Waals surface area contributed by atoms with Gasteiger partial charge < -0.3 is 33.8 Å². The van der Waals surface area contributed by atoms with Crippen molar-refractivity contribution in [2.24, 2.45) is 5.92 Å². The third-order valence-electron chi connectivity index (χ3n) is 18.5. The molecule has 0 bridgehead atoms. The number of esters is 4. The fraction of sp³-hybridized carbons (Fsp3) is 0.949. The Bertz CT molecular complexity index is 1870. The Morgan fingerprint density at radius 1 is 0.276 bits per heavy atom. The van der Waals surface area contributed by atoms with Gasteiger partial charge in [-0.25, -0.2) is 9.13 Å². The van der Waals surface area contributed by atoms with E-state index < -0.39 is 97.5 Å². The summed E-state index contributed by atoms with van der Waals surface area (Å²) in [5, 5.41) is 10.6. The van der Waals surface area contributed by atoms with Crippen molar-refractivity contribution in [2.75, 3.05) is 39.6 Å². The highest BCUT2D eigenvalue weighted by Crippen LogP contribution is 2.45. The maximum absolute atomic E-state index is 13.1. The second-order valence-corrected chi connectivity index (χ2v) is 31.8. The fourth-order valence-corrected chi connectivity index (χ4v) is 13.8. The maximum Gasteiger partial charge on any atom is 0.472 e. The molecule has 0 fully saturated rings. The molecule has 0 aliphatic heterocycles. The molecule has 2 unspecified atom stereocenters. The van der Waals surface area contributed by atoms with E-state index in [2.05, 4.69) is 34.6 Å². The van der Waals surface area contributed by atoms with Crippen LogP contribution >= 0.6 is 15.6 Å². The van der Waals surface area contributed by atoms with Crippen molar-refractivity contribution in [3.05, 3.63) is 0 Å². The van der Waals surface area contributed by atoms with Crippen LogP contribution in [0.15, 0.2) is 0 Å². The lowest BCUT2D eigenvalue weighted by atomic mass is 10.0. The number of phosphoric acid groups is 2. The van der Waals surface area contributed by atoms with Gasteiger partial charge in [0.2, 0.25) is 0 Å². The second kappa shape index (κ2) is 72.0. The van der Waals surface area contributed by atoms with Crippen LogP contribution in [0.4, 0.5) is 0 Å². The highest BCUT2D eigenvalue weighted by Gasteiger charge is 2.30. The van der Waals surface area contributed by atoms with Crippen LogP contribution in [0.25, 0.3) is 0 Å². The van der Waals surface area contributed by atoms with Gasteiger partial charge in [-0.1, -0.05) is 369 Å². The van der Waals surface area contributed by atoms with E-state index in [0.717, 1.165) is 95.8 Å². The van der Waals surface area contributed by atoms with Gasteiger partial charge in [-0.3, -0.25) is 37.3 Å². The molecule has 0 aromatic rings. The van der Waals surface area contributed by atoms with Crippen molar-refractivity contribution in [3.8, 4) is 0 Å². The third kappa shape index (κ3) is 72.4. The van der Waals surface area contributed by atoms with E-state index in [1.165, 1.54) is 244 Å². The number of rotatable bonds is 79. The summed E-state index contributed by atoms with van der Waals surface area (Å²) in [6.45, 7) is 7.30. The van der Waals surface area contributed by atoms with E-state index in [0.29, 0.717) is 25.7 Å². The Morgan fingerprint density at radius 3 is 0.694 bits per heavy atom. The monoisotopic (exact) mass is 1440 g/mol. The van der Waals surface area contributed by atoms with E-state index >= 15 is 0 Å². The van der Waals surface area contributed by atoms with Crippen molar-refractivity contribution in [1.29, 1.82) is 0 Å². The lowest BCUT2D eigenvalue weighted by Gasteiger charge is -2.21. The van der Waals surface area contributed by atoms with Crippen LogP contribution in [-0.4, -0.2) is 96.7 Å². The van der Waals surface area contributed by atoms with Crippen molar-refractivity contribution in [3.63, 3.8) is 0 Å². The van der Waals surface area contributed by atoms with Gasteiger partial charge in [-0.05, 0) is 31.6 Å². The van der Waals surface area contributed by atoms with Crippen molar-refractivity contribution < 1.29 is 80.2 Å². The summed E-state index contributed by atoms with van der Waals surface area (Å²) in [4.78, 5) is 72.9. The molecule has 0 aromatic heterocycles. The third-order valence-corrected chi connectivity index (χ3v) is 20.4. The highest BCUT2D eigenvalue weighted by molar-refractivity contribution is 7.47. The first-order valence-corrected chi connectivity index (χ1v) is 44.1. The number of hydrogen-bond acceptors (Lipinski definition) is 15. The van der Waals surface area contributed by atoms with Crippen molar-refractivity contribution in [1.82, 2.24) is 0 Å². The predicted octanol–water partition coefficient (Wildman–Crippen LogP) is 23.6.